The van der Waals surface area contributed by atoms with Crippen LogP contribution in [0.25, 0.3) is 0 Å². The van der Waals surface area contributed by atoms with Crippen LogP contribution in [-0.2, 0) is 4.79 Å². The first-order valence-corrected chi connectivity index (χ1v) is 10.2. The van der Waals surface area contributed by atoms with Gasteiger partial charge in [-0.25, -0.2) is 0 Å². The van der Waals surface area contributed by atoms with Gasteiger partial charge in [-0.2, -0.15) is 0 Å². The average molecular weight is 367 g/mol. The molecule has 0 radical (unpaired) electrons. The van der Waals surface area contributed by atoms with Crippen molar-refractivity contribution in [3.63, 3.8) is 0 Å². The van der Waals surface area contributed by atoms with Crippen molar-refractivity contribution in [1.82, 2.24) is 0 Å². The highest BCUT2D eigenvalue weighted by atomic mass is 16.5. The number of hydrogen-bond donors (Lipinski definition) is 1. The summed E-state index contributed by atoms with van der Waals surface area (Å²) in [6.45, 7) is 2.81. The highest BCUT2D eigenvalue weighted by Gasteiger charge is 2.23. The van der Waals surface area contributed by atoms with E-state index in [1.54, 1.807) is 6.07 Å². The van der Waals surface area contributed by atoms with E-state index in [0.29, 0.717) is 36.9 Å². The predicted molar refractivity (Wildman–Crippen MR) is 109 cm³/mol. The number of carbonyl (C=O) groups excluding carboxylic acids is 1. The monoisotopic (exact) mass is 366 g/mol. The molecule has 2 aromatic carbocycles. The molecule has 2 atom stereocenters. The number of rotatable bonds is 8. The Labute approximate surface area is 162 Å². The third kappa shape index (κ3) is 5.35. The van der Waals surface area contributed by atoms with Crippen molar-refractivity contribution < 1.29 is 14.6 Å². The lowest BCUT2D eigenvalue weighted by atomic mass is 9.83. The molecular formula is C24H30O3. The number of aromatic hydroxyl groups is 1. The fourth-order valence-corrected chi connectivity index (χ4v) is 3.97. The van der Waals surface area contributed by atoms with Gasteiger partial charge in [0.15, 0.2) is 0 Å². The molecule has 0 spiro atoms. The molecule has 1 fully saturated rings. The van der Waals surface area contributed by atoms with Gasteiger partial charge in [0, 0.05) is 24.8 Å². The molecule has 0 saturated heterocycles. The number of benzene rings is 2. The van der Waals surface area contributed by atoms with Gasteiger partial charge in [0.2, 0.25) is 0 Å². The topological polar surface area (TPSA) is 46.5 Å². The maximum absolute atomic E-state index is 11.7. The lowest BCUT2D eigenvalue weighted by Gasteiger charge is -2.23. The molecule has 1 N–H and O–H groups in total. The Morgan fingerprint density at radius 1 is 1.19 bits per heavy atom. The number of carbonyl (C=O) groups is 1. The first kappa shape index (κ1) is 19.5. The van der Waals surface area contributed by atoms with Gasteiger partial charge in [-0.3, -0.25) is 4.79 Å². The summed E-state index contributed by atoms with van der Waals surface area (Å²) in [6.07, 6.45) is 6.53. The molecule has 144 valence electrons. The van der Waals surface area contributed by atoms with E-state index in [2.05, 4.69) is 31.2 Å². The van der Waals surface area contributed by atoms with E-state index in [1.165, 1.54) is 18.4 Å². The molecule has 2 aromatic rings. The number of unbranched alkanes of at least 4 members (excludes halogenated alkanes) is 1. The van der Waals surface area contributed by atoms with Gasteiger partial charge in [-0.15, -0.1) is 0 Å². The zero-order valence-corrected chi connectivity index (χ0v) is 16.2. The average Bonchev–Trinajstić information content (AvgIpc) is 2.69. The van der Waals surface area contributed by atoms with E-state index in [-0.39, 0.29) is 11.7 Å². The summed E-state index contributed by atoms with van der Waals surface area (Å²) in [5, 5.41) is 10.5. The molecule has 1 aliphatic rings. The second-order valence-corrected chi connectivity index (χ2v) is 7.61. The van der Waals surface area contributed by atoms with Crippen LogP contribution in [0.5, 0.6) is 11.5 Å². The molecule has 0 amide bonds. The maximum Gasteiger partial charge on any atom is 0.133 e. The van der Waals surface area contributed by atoms with Gasteiger partial charge in [0.05, 0.1) is 6.61 Å². The summed E-state index contributed by atoms with van der Waals surface area (Å²) in [6, 6.07) is 16.0. The summed E-state index contributed by atoms with van der Waals surface area (Å²) in [5.41, 5.74) is 2.17. The van der Waals surface area contributed by atoms with Crippen LogP contribution in [-0.4, -0.2) is 17.5 Å². The Kier molecular flexibility index (Phi) is 6.92. The Balaban J connectivity index is 1.65. The zero-order valence-electron chi connectivity index (χ0n) is 16.2. The van der Waals surface area contributed by atoms with Crippen LogP contribution in [0.4, 0.5) is 0 Å². The Morgan fingerprint density at radius 2 is 2.00 bits per heavy atom. The first-order valence-electron chi connectivity index (χ1n) is 10.2. The number of ether oxygens (including phenoxy) is 1. The molecule has 3 rings (SSSR count). The van der Waals surface area contributed by atoms with E-state index in [4.69, 9.17) is 4.74 Å². The quantitative estimate of drug-likeness (QED) is 0.626. The third-order valence-electron chi connectivity index (χ3n) is 5.55. The molecule has 1 aliphatic carbocycles. The highest BCUT2D eigenvalue weighted by Crippen LogP contribution is 2.37. The van der Waals surface area contributed by atoms with Crippen LogP contribution in [0.1, 0.15) is 74.8 Å². The van der Waals surface area contributed by atoms with Gasteiger partial charge in [-0.1, -0.05) is 56.2 Å². The minimum absolute atomic E-state index is 0.141. The maximum atomic E-state index is 11.7. The molecule has 0 bridgehead atoms. The predicted octanol–water partition coefficient (Wildman–Crippen LogP) is 5.97. The minimum Gasteiger partial charge on any atom is -0.508 e. The first-order chi connectivity index (χ1) is 13.2. The number of ketones is 1. The van der Waals surface area contributed by atoms with E-state index in [0.717, 1.165) is 24.8 Å². The van der Waals surface area contributed by atoms with Crippen molar-refractivity contribution >= 4 is 5.78 Å². The number of phenolic OH excluding ortho intramolecular Hbond substituents is 1. The molecule has 27 heavy (non-hydrogen) atoms. The van der Waals surface area contributed by atoms with Gasteiger partial charge in [-0.05, 0) is 42.4 Å². The molecule has 0 aromatic heterocycles. The second-order valence-electron chi connectivity index (χ2n) is 7.61. The molecule has 0 aliphatic heterocycles. The largest absolute Gasteiger partial charge is 0.508 e. The van der Waals surface area contributed by atoms with E-state index in [1.807, 2.05) is 18.2 Å². The van der Waals surface area contributed by atoms with Crippen molar-refractivity contribution in [3.05, 3.63) is 59.7 Å². The zero-order chi connectivity index (χ0) is 19.1. The van der Waals surface area contributed by atoms with Crippen molar-refractivity contribution in [2.24, 2.45) is 0 Å². The van der Waals surface area contributed by atoms with E-state index in [9.17, 15) is 9.90 Å². The Bertz CT molecular complexity index is 739. The van der Waals surface area contributed by atoms with Crippen molar-refractivity contribution in [2.75, 3.05) is 6.61 Å². The fourth-order valence-electron chi connectivity index (χ4n) is 3.97. The summed E-state index contributed by atoms with van der Waals surface area (Å²) in [4.78, 5) is 11.7. The molecule has 2 unspecified atom stereocenters. The SMILES string of the molecule is CCCCC(COc1ccc(C2CCCC(=O)C2)c(O)c1)c1ccccc1. The summed E-state index contributed by atoms with van der Waals surface area (Å²) >= 11 is 0. The van der Waals surface area contributed by atoms with Crippen LogP contribution >= 0.6 is 0 Å². The Hall–Kier alpha value is -2.29. The number of hydrogen-bond acceptors (Lipinski definition) is 3. The molecule has 3 nitrogen and oxygen atoms in total. The van der Waals surface area contributed by atoms with Crippen LogP contribution in [0.3, 0.4) is 0 Å². The standard InChI is InChI=1S/C24H30O3/c1-2-3-8-20(18-9-5-4-6-10-18)17-27-22-13-14-23(24(26)16-22)19-11-7-12-21(25)15-19/h4-6,9-10,13-14,16,19-20,26H,2-3,7-8,11-12,15,17H2,1H3. The van der Waals surface area contributed by atoms with Crippen molar-refractivity contribution in [1.29, 1.82) is 0 Å². The van der Waals surface area contributed by atoms with Crippen LogP contribution < -0.4 is 4.74 Å². The van der Waals surface area contributed by atoms with Gasteiger partial charge < -0.3 is 9.84 Å². The summed E-state index contributed by atoms with van der Waals surface area (Å²) in [7, 11) is 0. The van der Waals surface area contributed by atoms with Crippen LogP contribution in [0.2, 0.25) is 0 Å². The van der Waals surface area contributed by atoms with Gasteiger partial charge in [0.1, 0.15) is 17.3 Å². The highest BCUT2D eigenvalue weighted by molar-refractivity contribution is 5.80. The molecular weight excluding hydrogens is 336 g/mol. The molecule has 3 heteroatoms. The molecule has 1 saturated carbocycles. The van der Waals surface area contributed by atoms with E-state index >= 15 is 0 Å². The lowest BCUT2D eigenvalue weighted by molar-refractivity contribution is -0.120. The minimum atomic E-state index is 0.141. The number of Topliss-reactive ketones (excluding diaryl/α,β-unsaturated/α-hetero) is 1. The summed E-state index contributed by atoms with van der Waals surface area (Å²) in [5.74, 6) is 1.73. The normalized spacial score (nSPS) is 18.3. The van der Waals surface area contributed by atoms with Crippen LogP contribution in [0.15, 0.2) is 48.5 Å². The number of phenols is 1. The molecule has 0 heterocycles. The fraction of sp³-hybridized carbons (Fsp3) is 0.458. The summed E-state index contributed by atoms with van der Waals surface area (Å²) < 4.78 is 6.04. The second kappa shape index (κ2) is 9.59. The van der Waals surface area contributed by atoms with Crippen LogP contribution in [0, 0.1) is 0 Å². The smallest absolute Gasteiger partial charge is 0.133 e. The lowest BCUT2D eigenvalue weighted by Crippen LogP contribution is -2.14. The van der Waals surface area contributed by atoms with Gasteiger partial charge >= 0.3 is 0 Å². The van der Waals surface area contributed by atoms with E-state index < -0.39 is 0 Å². The van der Waals surface area contributed by atoms with Gasteiger partial charge in [0.25, 0.3) is 0 Å². The Morgan fingerprint density at radius 3 is 2.70 bits per heavy atom. The van der Waals surface area contributed by atoms with Crippen molar-refractivity contribution in [3.8, 4) is 11.5 Å². The van der Waals surface area contributed by atoms with Crippen molar-refractivity contribution in [2.45, 2.75) is 63.7 Å². The third-order valence-corrected chi connectivity index (χ3v) is 5.55.